The van der Waals surface area contributed by atoms with Crippen molar-refractivity contribution in [2.75, 3.05) is 31.1 Å². The number of nitrogens with zero attached hydrogens (tertiary/aromatic N) is 2. The third-order valence-corrected chi connectivity index (χ3v) is 3.41. The molecule has 2 heterocycles. The monoisotopic (exact) mass is 316 g/mol. The molecule has 2 N–H and O–H groups in total. The van der Waals surface area contributed by atoms with Crippen molar-refractivity contribution < 1.29 is 4.42 Å². The van der Waals surface area contributed by atoms with Crippen LogP contribution in [0.3, 0.4) is 0 Å². The topological polar surface area (TPSA) is 74.2 Å². The lowest BCUT2D eigenvalue weighted by molar-refractivity contribution is 0.527. The lowest BCUT2D eigenvalue weighted by Gasteiger charge is -2.30. The Balaban J connectivity index is 0.00000147. The Kier molecular flexibility index (Phi) is 4.69. The van der Waals surface area contributed by atoms with Crippen LogP contribution in [0.15, 0.2) is 27.4 Å². The minimum Gasteiger partial charge on any atom is -0.388 e. The number of anilines is 1. The molecule has 2 aromatic rings. The molecular formula is C12H14Cl2N4O2. The Morgan fingerprint density at radius 2 is 2.05 bits per heavy atom. The Morgan fingerprint density at radius 3 is 2.70 bits per heavy atom. The molecule has 0 atom stereocenters. The van der Waals surface area contributed by atoms with Crippen molar-refractivity contribution in [3.05, 3.63) is 33.8 Å². The van der Waals surface area contributed by atoms with E-state index in [-0.39, 0.29) is 18.3 Å². The summed E-state index contributed by atoms with van der Waals surface area (Å²) < 4.78 is 4.96. The smallest absolute Gasteiger partial charge is 0.388 e. The van der Waals surface area contributed by atoms with Gasteiger partial charge in [0.1, 0.15) is 0 Å². The molecule has 1 aliphatic heterocycles. The molecule has 6 nitrogen and oxygen atoms in total. The predicted octanol–water partition coefficient (Wildman–Crippen LogP) is 1.51. The predicted molar refractivity (Wildman–Crippen MR) is 79.9 cm³/mol. The number of halogens is 2. The molecule has 20 heavy (non-hydrogen) atoms. The van der Waals surface area contributed by atoms with Crippen LogP contribution in [0.25, 0.3) is 11.5 Å². The average Bonchev–Trinajstić information content (AvgIpc) is 2.87. The zero-order valence-corrected chi connectivity index (χ0v) is 12.1. The Labute approximate surface area is 126 Å². The standard InChI is InChI=1S/C12H13ClN4O2.ClH/c13-9-2-1-8(11-15-16-12(18)19-11)7-10(9)17-5-3-14-4-6-17;/h1-2,7,14H,3-6H2,(H,16,18);1H. The first-order valence-electron chi connectivity index (χ1n) is 6.05. The van der Waals surface area contributed by atoms with E-state index in [1.807, 2.05) is 6.07 Å². The normalized spacial score (nSPS) is 14.9. The molecular weight excluding hydrogens is 303 g/mol. The number of benzene rings is 1. The Bertz CT molecular complexity index is 634. The molecule has 1 aromatic heterocycles. The number of piperazine rings is 1. The molecule has 3 rings (SSSR count). The van der Waals surface area contributed by atoms with Gasteiger partial charge in [-0.15, -0.1) is 17.5 Å². The maximum atomic E-state index is 11.0. The second kappa shape index (κ2) is 6.30. The van der Waals surface area contributed by atoms with Gasteiger partial charge in [0.25, 0.3) is 0 Å². The fourth-order valence-electron chi connectivity index (χ4n) is 2.15. The third-order valence-electron chi connectivity index (χ3n) is 3.09. The van der Waals surface area contributed by atoms with Gasteiger partial charge in [0.05, 0.1) is 10.7 Å². The van der Waals surface area contributed by atoms with E-state index in [1.54, 1.807) is 12.1 Å². The first-order chi connectivity index (χ1) is 9.24. The van der Waals surface area contributed by atoms with Gasteiger partial charge >= 0.3 is 5.76 Å². The van der Waals surface area contributed by atoms with E-state index in [4.69, 9.17) is 16.0 Å². The average molecular weight is 317 g/mol. The van der Waals surface area contributed by atoms with E-state index in [2.05, 4.69) is 20.4 Å². The Hall–Kier alpha value is -1.50. The Morgan fingerprint density at radius 1 is 1.30 bits per heavy atom. The van der Waals surface area contributed by atoms with Gasteiger partial charge in [0.2, 0.25) is 5.89 Å². The van der Waals surface area contributed by atoms with Crippen LogP contribution in [0.1, 0.15) is 0 Å². The molecule has 0 unspecified atom stereocenters. The van der Waals surface area contributed by atoms with Crippen LogP contribution in [-0.4, -0.2) is 36.4 Å². The number of nitrogens with one attached hydrogen (secondary N) is 2. The van der Waals surface area contributed by atoms with Crippen LogP contribution in [-0.2, 0) is 0 Å². The molecule has 8 heteroatoms. The van der Waals surface area contributed by atoms with Crippen molar-refractivity contribution in [1.82, 2.24) is 15.5 Å². The number of H-pyrrole nitrogens is 1. The van der Waals surface area contributed by atoms with Crippen LogP contribution in [0.4, 0.5) is 5.69 Å². The first kappa shape index (κ1) is 14.9. The van der Waals surface area contributed by atoms with Gasteiger partial charge in [0, 0.05) is 31.7 Å². The lowest BCUT2D eigenvalue weighted by Crippen LogP contribution is -2.43. The number of hydrogen-bond acceptors (Lipinski definition) is 5. The largest absolute Gasteiger partial charge is 0.434 e. The van der Waals surface area contributed by atoms with Crippen molar-refractivity contribution in [2.24, 2.45) is 0 Å². The minimum atomic E-state index is -0.561. The van der Waals surface area contributed by atoms with Crippen molar-refractivity contribution in [1.29, 1.82) is 0 Å². The minimum absolute atomic E-state index is 0. The van der Waals surface area contributed by atoms with Crippen LogP contribution in [0.5, 0.6) is 0 Å². The molecule has 1 aromatic carbocycles. The molecule has 0 saturated carbocycles. The van der Waals surface area contributed by atoms with Crippen molar-refractivity contribution in [3.8, 4) is 11.5 Å². The highest BCUT2D eigenvalue weighted by molar-refractivity contribution is 6.33. The SMILES string of the molecule is Cl.O=c1[nH]nc(-c2ccc(Cl)c(N3CCNCC3)c2)o1. The molecule has 0 aliphatic carbocycles. The number of aromatic nitrogens is 2. The second-order valence-electron chi connectivity index (χ2n) is 4.32. The van der Waals surface area contributed by atoms with Gasteiger partial charge in [0.15, 0.2) is 0 Å². The highest BCUT2D eigenvalue weighted by Crippen LogP contribution is 2.30. The summed E-state index contributed by atoms with van der Waals surface area (Å²) in [6, 6.07) is 5.48. The maximum absolute atomic E-state index is 11.0. The molecule has 0 bridgehead atoms. The number of aromatic amines is 1. The molecule has 0 spiro atoms. The van der Waals surface area contributed by atoms with Crippen molar-refractivity contribution in [2.45, 2.75) is 0 Å². The lowest BCUT2D eigenvalue weighted by atomic mass is 10.1. The van der Waals surface area contributed by atoms with Gasteiger partial charge in [-0.05, 0) is 18.2 Å². The third kappa shape index (κ3) is 2.98. The summed E-state index contributed by atoms with van der Waals surface area (Å²) in [7, 11) is 0. The molecule has 1 fully saturated rings. The van der Waals surface area contributed by atoms with Crippen LogP contribution >= 0.6 is 24.0 Å². The van der Waals surface area contributed by atoms with Crippen LogP contribution in [0, 0.1) is 0 Å². The summed E-state index contributed by atoms with van der Waals surface area (Å²) in [5.74, 6) is -0.285. The quantitative estimate of drug-likeness (QED) is 0.878. The summed E-state index contributed by atoms with van der Waals surface area (Å²) >= 11 is 6.24. The zero-order valence-electron chi connectivity index (χ0n) is 10.6. The van der Waals surface area contributed by atoms with Crippen molar-refractivity contribution in [3.63, 3.8) is 0 Å². The molecule has 1 saturated heterocycles. The molecule has 1 aliphatic rings. The van der Waals surface area contributed by atoms with Crippen molar-refractivity contribution >= 4 is 29.7 Å². The van der Waals surface area contributed by atoms with E-state index in [1.165, 1.54) is 0 Å². The van der Waals surface area contributed by atoms with E-state index < -0.39 is 5.76 Å². The molecule has 0 radical (unpaired) electrons. The van der Waals surface area contributed by atoms with E-state index in [0.717, 1.165) is 37.4 Å². The molecule has 108 valence electrons. The number of hydrogen-bond donors (Lipinski definition) is 2. The van der Waals surface area contributed by atoms with Gasteiger partial charge in [-0.25, -0.2) is 9.89 Å². The van der Waals surface area contributed by atoms with E-state index >= 15 is 0 Å². The second-order valence-corrected chi connectivity index (χ2v) is 4.73. The van der Waals surface area contributed by atoms with Gasteiger partial charge < -0.3 is 14.6 Å². The summed E-state index contributed by atoms with van der Waals surface area (Å²) in [4.78, 5) is 13.2. The highest BCUT2D eigenvalue weighted by atomic mass is 35.5. The van der Waals surface area contributed by atoms with Gasteiger partial charge in [-0.2, -0.15) is 0 Å². The summed E-state index contributed by atoms with van der Waals surface area (Å²) in [5.41, 5.74) is 1.67. The fourth-order valence-corrected chi connectivity index (χ4v) is 2.38. The molecule has 0 amide bonds. The van der Waals surface area contributed by atoms with Crippen LogP contribution in [0.2, 0.25) is 5.02 Å². The summed E-state index contributed by atoms with van der Waals surface area (Å²) in [6.07, 6.45) is 0. The highest BCUT2D eigenvalue weighted by Gasteiger charge is 2.15. The van der Waals surface area contributed by atoms with E-state index in [0.29, 0.717) is 5.02 Å². The maximum Gasteiger partial charge on any atom is 0.434 e. The fraction of sp³-hybridized carbons (Fsp3) is 0.333. The van der Waals surface area contributed by atoms with Gasteiger partial charge in [-0.3, -0.25) is 0 Å². The summed E-state index contributed by atoms with van der Waals surface area (Å²) in [5, 5.41) is 10.1. The number of rotatable bonds is 2. The van der Waals surface area contributed by atoms with Crippen LogP contribution < -0.4 is 16.0 Å². The zero-order chi connectivity index (χ0) is 13.2. The summed E-state index contributed by atoms with van der Waals surface area (Å²) in [6.45, 7) is 3.65. The van der Waals surface area contributed by atoms with E-state index in [9.17, 15) is 4.79 Å². The van der Waals surface area contributed by atoms with Gasteiger partial charge in [-0.1, -0.05) is 11.6 Å². The first-order valence-corrected chi connectivity index (χ1v) is 6.43.